The zero-order valence-corrected chi connectivity index (χ0v) is 8.36. The van der Waals surface area contributed by atoms with Gasteiger partial charge in [-0.1, -0.05) is 35.3 Å². The van der Waals surface area contributed by atoms with Gasteiger partial charge in [-0.25, -0.2) is 0 Å². The van der Waals surface area contributed by atoms with E-state index in [1.54, 1.807) is 18.2 Å². The standard InChI is InChI=1S/C9H9Cl2NO/c10-7-3-1-2-6(8(7)11)9(13)4-12-5-9/h1-3,12-13H,4-5H2. The summed E-state index contributed by atoms with van der Waals surface area (Å²) in [7, 11) is 0. The van der Waals surface area contributed by atoms with Crippen LogP contribution < -0.4 is 5.32 Å². The molecule has 4 heteroatoms. The molecule has 0 aromatic heterocycles. The van der Waals surface area contributed by atoms with Crippen LogP contribution in [0.5, 0.6) is 0 Å². The molecule has 0 amide bonds. The molecule has 1 aliphatic rings. The Balaban J connectivity index is 2.45. The van der Waals surface area contributed by atoms with Crippen molar-refractivity contribution in [1.29, 1.82) is 0 Å². The Kier molecular flexibility index (Phi) is 2.24. The van der Waals surface area contributed by atoms with E-state index >= 15 is 0 Å². The van der Waals surface area contributed by atoms with E-state index in [4.69, 9.17) is 23.2 Å². The Morgan fingerprint density at radius 2 is 2.00 bits per heavy atom. The van der Waals surface area contributed by atoms with Crippen molar-refractivity contribution in [2.24, 2.45) is 0 Å². The van der Waals surface area contributed by atoms with Gasteiger partial charge in [0.05, 0.1) is 10.0 Å². The van der Waals surface area contributed by atoms with Crippen LogP contribution in [0.1, 0.15) is 5.56 Å². The molecule has 0 atom stereocenters. The molecule has 13 heavy (non-hydrogen) atoms. The molecule has 2 N–H and O–H groups in total. The minimum absolute atomic E-state index is 0.452. The quantitative estimate of drug-likeness (QED) is 0.753. The molecule has 1 fully saturated rings. The maximum absolute atomic E-state index is 9.98. The highest BCUT2D eigenvalue weighted by atomic mass is 35.5. The molecule has 2 rings (SSSR count). The van der Waals surface area contributed by atoms with Crippen molar-refractivity contribution in [2.45, 2.75) is 5.60 Å². The van der Waals surface area contributed by atoms with E-state index in [1.807, 2.05) is 0 Å². The van der Waals surface area contributed by atoms with Crippen molar-refractivity contribution >= 4 is 23.2 Å². The number of rotatable bonds is 1. The third-order valence-electron chi connectivity index (χ3n) is 2.29. The largest absolute Gasteiger partial charge is 0.382 e. The second-order valence-corrected chi connectivity index (χ2v) is 4.02. The Hall–Kier alpha value is -0.280. The fraction of sp³-hybridized carbons (Fsp3) is 0.333. The van der Waals surface area contributed by atoms with Gasteiger partial charge in [0.25, 0.3) is 0 Å². The molecule has 1 aromatic rings. The Morgan fingerprint density at radius 1 is 1.31 bits per heavy atom. The summed E-state index contributed by atoms with van der Waals surface area (Å²) in [6.07, 6.45) is 0. The van der Waals surface area contributed by atoms with Crippen molar-refractivity contribution in [3.05, 3.63) is 33.8 Å². The number of hydrogen-bond acceptors (Lipinski definition) is 2. The first kappa shape index (κ1) is 9.28. The van der Waals surface area contributed by atoms with E-state index in [9.17, 15) is 5.11 Å². The normalized spacial score (nSPS) is 19.6. The van der Waals surface area contributed by atoms with Gasteiger partial charge in [-0.3, -0.25) is 0 Å². The predicted molar refractivity (Wildman–Crippen MR) is 53.2 cm³/mol. The number of aliphatic hydroxyl groups is 1. The van der Waals surface area contributed by atoms with Gasteiger partial charge in [-0.05, 0) is 6.07 Å². The number of halogens is 2. The number of hydrogen-bond donors (Lipinski definition) is 2. The predicted octanol–water partition coefficient (Wildman–Crippen LogP) is 1.78. The molecule has 2 nitrogen and oxygen atoms in total. The maximum Gasteiger partial charge on any atom is 0.116 e. The molecular weight excluding hydrogens is 209 g/mol. The van der Waals surface area contributed by atoms with Gasteiger partial charge in [0.2, 0.25) is 0 Å². The molecule has 0 aliphatic carbocycles. The molecule has 1 saturated heterocycles. The van der Waals surface area contributed by atoms with Crippen LogP contribution in [0.4, 0.5) is 0 Å². The third kappa shape index (κ3) is 1.44. The number of benzene rings is 1. The lowest BCUT2D eigenvalue weighted by Gasteiger charge is -2.38. The Morgan fingerprint density at radius 3 is 2.54 bits per heavy atom. The lowest BCUT2D eigenvalue weighted by Crippen LogP contribution is -2.56. The van der Waals surface area contributed by atoms with Crippen LogP contribution in [0.3, 0.4) is 0 Å². The van der Waals surface area contributed by atoms with E-state index < -0.39 is 5.60 Å². The van der Waals surface area contributed by atoms with Crippen molar-refractivity contribution in [2.75, 3.05) is 13.1 Å². The summed E-state index contributed by atoms with van der Waals surface area (Å²) in [6, 6.07) is 5.30. The second-order valence-electron chi connectivity index (χ2n) is 3.24. The average molecular weight is 218 g/mol. The molecule has 0 saturated carbocycles. The van der Waals surface area contributed by atoms with Gasteiger partial charge in [0.15, 0.2) is 0 Å². The van der Waals surface area contributed by atoms with E-state index in [0.29, 0.717) is 28.7 Å². The summed E-state index contributed by atoms with van der Waals surface area (Å²) >= 11 is 11.8. The van der Waals surface area contributed by atoms with Crippen LogP contribution in [0.15, 0.2) is 18.2 Å². The first-order valence-corrected chi connectivity index (χ1v) is 4.77. The maximum atomic E-state index is 9.98. The zero-order valence-electron chi connectivity index (χ0n) is 6.85. The highest BCUT2D eigenvalue weighted by Crippen LogP contribution is 2.35. The Labute approximate surface area is 86.5 Å². The lowest BCUT2D eigenvalue weighted by molar-refractivity contribution is -0.0145. The van der Waals surface area contributed by atoms with Crippen LogP contribution in [-0.2, 0) is 5.60 Å². The van der Waals surface area contributed by atoms with Gasteiger partial charge in [0.1, 0.15) is 5.60 Å². The van der Waals surface area contributed by atoms with E-state index in [-0.39, 0.29) is 0 Å². The first-order valence-electron chi connectivity index (χ1n) is 4.01. The number of nitrogens with one attached hydrogen (secondary N) is 1. The van der Waals surface area contributed by atoms with Crippen LogP contribution >= 0.6 is 23.2 Å². The average Bonchev–Trinajstić information content (AvgIpc) is 2.06. The first-order chi connectivity index (χ1) is 6.13. The molecule has 1 heterocycles. The summed E-state index contributed by atoms with van der Waals surface area (Å²) in [4.78, 5) is 0. The fourth-order valence-electron chi connectivity index (χ4n) is 1.42. The van der Waals surface area contributed by atoms with Crippen molar-refractivity contribution in [1.82, 2.24) is 5.32 Å². The minimum atomic E-state index is -0.831. The van der Waals surface area contributed by atoms with Gasteiger partial charge < -0.3 is 10.4 Å². The molecule has 0 unspecified atom stereocenters. The van der Waals surface area contributed by atoms with Crippen molar-refractivity contribution in [3.8, 4) is 0 Å². The minimum Gasteiger partial charge on any atom is -0.382 e. The van der Waals surface area contributed by atoms with E-state index in [1.165, 1.54) is 0 Å². The summed E-state index contributed by atoms with van der Waals surface area (Å²) in [5, 5.41) is 13.9. The molecule has 0 bridgehead atoms. The fourth-order valence-corrected chi connectivity index (χ4v) is 1.89. The molecule has 0 radical (unpaired) electrons. The summed E-state index contributed by atoms with van der Waals surface area (Å²) in [5.41, 5.74) is -0.123. The van der Waals surface area contributed by atoms with Crippen LogP contribution in [0.25, 0.3) is 0 Å². The lowest BCUT2D eigenvalue weighted by atomic mass is 9.88. The van der Waals surface area contributed by atoms with Gasteiger partial charge in [0, 0.05) is 18.7 Å². The topological polar surface area (TPSA) is 32.3 Å². The molecule has 0 spiro atoms. The summed E-state index contributed by atoms with van der Waals surface area (Å²) < 4.78 is 0. The highest BCUT2D eigenvalue weighted by molar-refractivity contribution is 6.42. The molecular formula is C9H9Cl2NO. The van der Waals surface area contributed by atoms with Crippen LogP contribution in [-0.4, -0.2) is 18.2 Å². The SMILES string of the molecule is OC1(c2cccc(Cl)c2Cl)CNC1. The monoisotopic (exact) mass is 217 g/mol. The van der Waals surface area contributed by atoms with E-state index in [0.717, 1.165) is 0 Å². The number of β-amino-alcohol motifs (C(OH)–C–C–N with tert-alkyl or cyclic N) is 1. The third-order valence-corrected chi connectivity index (χ3v) is 3.11. The van der Waals surface area contributed by atoms with Crippen molar-refractivity contribution < 1.29 is 5.11 Å². The summed E-state index contributed by atoms with van der Waals surface area (Å²) in [5.74, 6) is 0. The van der Waals surface area contributed by atoms with Gasteiger partial charge >= 0.3 is 0 Å². The molecule has 1 aromatic carbocycles. The van der Waals surface area contributed by atoms with Gasteiger partial charge in [-0.2, -0.15) is 0 Å². The van der Waals surface area contributed by atoms with Crippen molar-refractivity contribution in [3.63, 3.8) is 0 Å². The highest BCUT2D eigenvalue weighted by Gasteiger charge is 2.38. The van der Waals surface area contributed by atoms with Crippen LogP contribution in [0.2, 0.25) is 10.0 Å². The van der Waals surface area contributed by atoms with E-state index in [2.05, 4.69) is 5.32 Å². The zero-order chi connectivity index (χ0) is 9.47. The van der Waals surface area contributed by atoms with Gasteiger partial charge in [-0.15, -0.1) is 0 Å². The second kappa shape index (κ2) is 3.14. The molecule has 1 aliphatic heterocycles. The molecule has 70 valence electrons. The summed E-state index contributed by atoms with van der Waals surface area (Å²) in [6.45, 7) is 1.07. The Bertz CT molecular complexity index is 336. The smallest absolute Gasteiger partial charge is 0.116 e. The van der Waals surface area contributed by atoms with Crippen LogP contribution in [0, 0.1) is 0 Å².